The van der Waals surface area contributed by atoms with Crippen molar-refractivity contribution in [3.8, 4) is 17.3 Å². The van der Waals surface area contributed by atoms with Gasteiger partial charge in [0.05, 0.1) is 10.2 Å². The number of benzene rings is 1. The van der Waals surface area contributed by atoms with E-state index >= 15 is 0 Å². The molecule has 0 spiro atoms. The number of aryl methyl sites for hydroxylation is 4. The van der Waals surface area contributed by atoms with E-state index in [9.17, 15) is 0 Å². The van der Waals surface area contributed by atoms with Crippen molar-refractivity contribution in [2.75, 3.05) is 0 Å². The van der Waals surface area contributed by atoms with Gasteiger partial charge in [0, 0.05) is 12.6 Å². The monoisotopic (exact) mass is 303 g/mol. The van der Waals surface area contributed by atoms with Crippen molar-refractivity contribution in [2.45, 2.75) is 20.8 Å². The van der Waals surface area contributed by atoms with Gasteiger partial charge in [-0.3, -0.25) is 4.68 Å². The maximum Gasteiger partial charge on any atom is 0.177 e. The molecule has 2 rings (SSSR count). The van der Waals surface area contributed by atoms with E-state index in [-0.39, 0.29) is 0 Å². The van der Waals surface area contributed by atoms with Gasteiger partial charge in [0.2, 0.25) is 0 Å². The van der Waals surface area contributed by atoms with Crippen LogP contribution in [0.5, 0.6) is 0 Å². The van der Waals surface area contributed by atoms with Crippen LogP contribution in [-0.4, -0.2) is 9.78 Å². The van der Waals surface area contributed by atoms with E-state index in [1.54, 1.807) is 4.68 Å². The number of aromatic nitrogens is 2. The molecule has 92 valence electrons. The maximum absolute atomic E-state index is 9.02. The van der Waals surface area contributed by atoms with Crippen molar-refractivity contribution < 1.29 is 0 Å². The number of rotatable bonds is 1. The molecule has 0 N–H and O–H groups in total. The second kappa shape index (κ2) is 4.58. The van der Waals surface area contributed by atoms with E-state index in [1.165, 1.54) is 16.7 Å². The van der Waals surface area contributed by atoms with E-state index in [0.717, 1.165) is 15.7 Å². The van der Waals surface area contributed by atoms with Crippen LogP contribution in [-0.2, 0) is 7.05 Å². The van der Waals surface area contributed by atoms with Gasteiger partial charge in [0.15, 0.2) is 5.69 Å². The van der Waals surface area contributed by atoms with Gasteiger partial charge in [-0.1, -0.05) is 6.07 Å². The summed E-state index contributed by atoms with van der Waals surface area (Å²) in [5.74, 6) is 0. The van der Waals surface area contributed by atoms with E-state index in [1.807, 2.05) is 7.05 Å². The number of nitrogens with zero attached hydrogens (tertiary/aromatic N) is 3. The highest BCUT2D eigenvalue weighted by Gasteiger charge is 2.17. The first kappa shape index (κ1) is 12.8. The second-order valence-electron chi connectivity index (χ2n) is 4.50. The van der Waals surface area contributed by atoms with Gasteiger partial charge in [0.1, 0.15) is 6.07 Å². The SMILES string of the molecule is Cc1cc(C)c(-c2c(Br)c(C#N)nn2C)cc1C. The van der Waals surface area contributed by atoms with Crippen LogP contribution in [0.2, 0.25) is 0 Å². The predicted octanol–water partition coefficient (Wildman–Crippen LogP) is 3.65. The van der Waals surface area contributed by atoms with E-state index < -0.39 is 0 Å². The third-order valence-electron chi connectivity index (χ3n) is 3.19. The van der Waals surface area contributed by atoms with Crippen molar-refractivity contribution >= 4 is 15.9 Å². The molecular weight excluding hydrogens is 290 g/mol. The molecule has 0 bridgehead atoms. The van der Waals surface area contributed by atoms with Gasteiger partial charge in [-0.25, -0.2) is 0 Å². The largest absolute Gasteiger partial charge is 0.265 e. The van der Waals surface area contributed by atoms with Crippen LogP contribution in [0, 0.1) is 32.1 Å². The molecule has 0 unspecified atom stereocenters. The Hall–Kier alpha value is -1.60. The van der Waals surface area contributed by atoms with Crippen LogP contribution >= 0.6 is 15.9 Å². The van der Waals surface area contributed by atoms with Crippen LogP contribution in [0.15, 0.2) is 16.6 Å². The van der Waals surface area contributed by atoms with Gasteiger partial charge >= 0.3 is 0 Å². The van der Waals surface area contributed by atoms with E-state index in [4.69, 9.17) is 5.26 Å². The highest BCUT2D eigenvalue weighted by molar-refractivity contribution is 9.10. The lowest BCUT2D eigenvalue weighted by atomic mass is 9.98. The maximum atomic E-state index is 9.02. The Morgan fingerprint density at radius 2 is 1.78 bits per heavy atom. The number of hydrogen-bond acceptors (Lipinski definition) is 2. The van der Waals surface area contributed by atoms with Crippen molar-refractivity contribution in [3.63, 3.8) is 0 Å². The molecule has 2 aromatic rings. The first-order valence-corrected chi connectivity index (χ1v) is 6.45. The van der Waals surface area contributed by atoms with Crippen LogP contribution in [0.1, 0.15) is 22.4 Å². The summed E-state index contributed by atoms with van der Waals surface area (Å²) in [5.41, 5.74) is 6.18. The Kier molecular flexibility index (Phi) is 3.27. The molecule has 0 saturated heterocycles. The Labute approximate surface area is 115 Å². The molecule has 1 heterocycles. The molecule has 0 aliphatic rings. The molecule has 4 heteroatoms. The summed E-state index contributed by atoms with van der Waals surface area (Å²) in [6.45, 7) is 6.27. The zero-order valence-corrected chi connectivity index (χ0v) is 12.5. The standard InChI is InChI=1S/C14H14BrN3/c1-8-5-10(3)11(6-9(8)2)14-13(15)12(7-16)17-18(14)4/h5-6H,1-4H3. The van der Waals surface area contributed by atoms with Crippen LogP contribution in [0.3, 0.4) is 0 Å². The summed E-state index contributed by atoms with van der Waals surface area (Å²) in [7, 11) is 1.86. The smallest absolute Gasteiger partial charge is 0.177 e. The lowest BCUT2D eigenvalue weighted by Crippen LogP contribution is -1.97. The molecule has 0 fully saturated rings. The molecule has 1 aromatic heterocycles. The molecule has 18 heavy (non-hydrogen) atoms. The number of hydrogen-bond donors (Lipinski definition) is 0. The third-order valence-corrected chi connectivity index (χ3v) is 3.94. The normalized spacial score (nSPS) is 10.4. The average Bonchev–Trinajstić information content (AvgIpc) is 2.59. The van der Waals surface area contributed by atoms with Gasteiger partial charge < -0.3 is 0 Å². The molecule has 0 aliphatic carbocycles. The molecule has 1 aromatic carbocycles. The van der Waals surface area contributed by atoms with Crippen molar-refractivity contribution in [1.29, 1.82) is 5.26 Å². The fourth-order valence-corrected chi connectivity index (χ4v) is 2.72. The Bertz CT molecular complexity index is 663. The summed E-state index contributed by atoms with van der Waals surface area (Å²) in [6, 6.07) is 6.40. The summed E-state index contributed by atoms with van der Waals surface area (Å²) in [5, 5.41) is 13.2. The van der Waals surface area contributed by atoms with E-state index in [2.05, 4.69) is 60.0 Å². The molecule has 0 radical (unpaired) electrons. The molecule has 0 atom stereocenters. The first-order chi connectivity index (χ1) is 8.45. The van der Waals surface area contributed by atoms with E-state index in [0.29, 0.717) is 5.69 Å². The minimum atomic E-state index is 0.421. The molecular formula is C14H14BrN3. The average molecular weight is 304 g/mol. The lowest BCUT2D eigenvalue weighted by molar-refractivity contribution is 0.770. The van der Waals surface area contributed by atoms with Crippen LogP contribution in [0.25, 0.3) is 11.3 Å². The van der Waals surface area contributed by atoms with Crippen LogP contribution in [0.4, 0.5) is 0 Å². The minimum absolute atomic E-state index is 0.421. The number of halogens is 1. The van der Waals surface area contributed by atoms with Crippen molar-refractivity contribution in [1.82, 2.24) is 9.78 Å². The third kappa shape index (κ3) is 1.95. The summed E-state index contributed by atoms with van der Waals surface area (Å²) >= 11 is 3.47. The predicted molar refractivity (Wildman–Crippen MR) is 75.3 cm³/mol. The van der Waals surface area contributed by atoms with Gasteiger partial charge in [-0.2, -0.15) is 10.4 Å². The number of nitriles is 1. The minimum Gasteiger partial charge on any atom is -0.265 e. The molecule has 3 nitrogen and oxygen atoms in total. The Morgan fingerprint density at radius 3 is 2.33 bits per heavy atom. The van der Waals surface area contributed by atoms with Gasteiger partial charge in [-0.15, -0.1) is 0 Å². The zero-order chi connectivity index (χ0) is 13.4. The van der Waals surface area contributed by atoms with Gasteiger partial charge in [0.25, 0.3) is 0 Å². The fourth-order valence-electron chi connectivity index (χ4n) is 2.08. The fraction of sp³-hybridized carbons (Fsp3) is 0.286. The van der Waals surface area contributed by atoms with Crippen molar-refractivity contribution in [3.05, 3.63) is 39.0 Å². The van der Waals surface area contributed by atoms with Crippen molar-refractivity contribution in [2.24, 2.45) is 7.05 Å². The Morgan fingerprint density at radius 1 is 1.17 bits per heavy atom. The summed E-state index contributed by atoms with van der Waals surface area (Å²) in [6.07, 6.45) is 0. The topological polar surface area (TPSA) is 41.6 Å². The summed E-state index contributed by atoms with van der Waals surface area (Å²) < 4.78 is 2.51. The molecule has 0 saturated carbocycles. The first-order valence-electron chi connectivity index (χ1n) is 5.66. The molecule has 0 amide bonds. The summed E-state index contributed by atoms with van der Waals surface area (Å²) in [4.78, 5) is 0. The lowest BCUT2D eigenvalue weighted by Gasteiger charge is -2.10. The molecule has 0 aliphatic heterocycles. The zero-order valence-electron chi connectivity index (χ0n) is 10.9. The second-order valence-corrected chi connectivity index (χ2v) is 5.29. The highest BCUT2D eigenvalue weighted by atomic mass is 79.9. The highest BCUT2D eigenvalue weighted by Crippen LogP contribution is 2.33. The van der Waals surface area contributed by atoms with Gasteiger partial charge in [-0.05, 0) is 59.5 Å². The van der Waals surface area contributed by atoms with Crippen LogP contribution < -0.4 is 0 Å². The quantitative estimate of drug-likeness (QED) is 0.807. The Balaban J connectivity index is 2.74.